The van der Waals surface area contributed by atoms with Gasteiger partial charge in [-0.2, -0.15) is 0 Å². The van der Waals surface area contributed by atoms with Gasteiger partial charge < -0.3 is 14.7 Å². The van der Waals surface area contributed by atoms with Crippen molar-refractivity contribution in [1.82, 2.24) is 0 Å². The Morgan fingerprint density at radius 3 is 2.63 bits per heavy atom. The van der Waals surface area contributed by atoms with E-state index in [0.717, 1.165) is 10.8 Å². The summed E-state index contributed by atoms with van der Waals surface area (Å²) in [5, 5.41) is 14.4. The molecule has 0 radical (unpaired) electrons. The molecule has 2 aromatic carbocycles. The van der Waals surface area contributed by atoms with Crippen LogP contribution in [-0.2, 0) is 9.63 Å². The number of carbonyl (C=O) groups is 1. The Labute approximate surface area is 110 Å². The van der Waals surface area contributed by atoms with Crippen molar-refractivity contribution in [2.75, 3.05) is 14.2 Å². The van der Waals surface area contributed by atoms with Gasteiger partial charge in [0.2, 0.25) is 0 Å². The lowest BCUT2D eigenvalue weighted by atomic mass is 10.0. The monoisotopic (exact) mass is 259 g/mol. The van der Waals surface area contributed by atoms with Crippen molar-refractivity contribution in [3.8, 4) is 5.75 Å². The molecule has 0 aliphatic rings. The average molecular weight is 259 g/mol. The Kier molecular flexibility index (Phi) is 3.66. The van der Waals surface area contributed by atoms with Crippen LogP contribution in [0, 0.1) is 0 Å². The normalized spacial score (nSPS) is 11.4. The quantitative estimate of drug-likeness (QED) is 0.675. The molecule has 2 rings (SSSR count). The van der Waals surface area contributed by atoms with Gasteiger partial charge in [0.25, 0.3) is 0 Å². The number of aliphatic carboxylic acids is 1. The largest absolute Gasteiger partial charge is 0.496 e. The molecule has 0 aliphatic carbocycles. The van der Waals surface area contributed by atoms with Crippen LogP contribution in [-0.4, -0.2) is 31.0 Å². The minimum atomic E-state index is -1.14. The Bertz CT molecular complexity index is 649. The predicted octanol–water partition coefficient (Wildman–Crippen LogP) is 2.28. The second-order valence-corrected chi connectivity index (χ2v) is 3.82. The second-order valence-electron chi connectivity index (χ2n) is 3.82. The van der Waals surface area contributed by atoms with Crippen molar-refractivity contribution >= 4 is 22.5 Å². The number of hydrogen-bond donors (Lipinski definition) is 1. The standard InChI is InChI=1S/C14H13NO4/c1-18-12-5-3-4-9-6-7-10(8-11(9)12)13(14(16)17)15-19-2/h3-8H,1-2H3,(H,16,17)/b15-13+. The molecule has 1 N–H and O–H groups in total. The first-order valence-corrected chi connectivity index (χ1v) is 5.59. The van der Waals surface area contributed by atoms with Crippen molar-refractivity contribution in [2.24, 2.45) is 5.16 Å². The zero-order valence-corrected chi connectivity index (χ0v) is 10.6. The second kappa shape index (κ2) is 5.39. The van der Waals surface area contributed by atoms with Crippen LogP contribution >= 0.6 is 0 Å². The molecular formula is C14H13NO4. The molecule has 0 amide bonds. The van der Waals surface area contributed by atoms with E-state index in [1.54, 1.807) is 19.2 Å². The van der Waals surface area contributed by atoms with Gasteiger partial charge in [-0.05, 0) is 17.5 Å². The summed E-state index contributed by atoms with van der Waals surface area (Å²) in [6, 6.07) is 10.9. The summed E-state index contributed by atoms with van der Waals surface area (Å²) in [6.07, 6.45) is 0. The van der Waals surface area contributed by atoms with Crippen LogP contribution in [0.2, 0.25) is 0 Å². The fraction of sp³-hybridized carbons (Fsp3) is 0.143. The smallest absolute Gasteiger partial charge is 0.358 e. The van der Waals surface area contributed by atoms with Gasteiger partial charge in [0, 0.05) is 10.9 Å². The zero-order valence-electron chi connectivity index (χ0n) is 10.6. The number of oxime groups is 1. The van der Waals surface area contributed by atoms with Crippen molar-refractivity contribution < 1.29 is 19.5 Å². The fourth-order valence-corrected chi connectivity index (χ4v) is 1.88. The molecule has 0 saturated carbocycles. The molecule has 5 nitrogen and oxygen atoms in total. The lowest BCUT2D eigenvalue weighted by Gasteiger charge is -2.07. The van der Waals surface area contributed by atoms with Crippen molar-refractivity contribution in [3.63, 3.8) is 0 Å². The number of hydrogen-bond acceptors (Lipinski definition) is 4. The number of rotatable bonds is 4. The molecule has 19 heavy (non-hydrogen) atoms. The molecule has 0 bridgehead atoms. The summed E-state index contributed by atoms with van der Waals surface area (Å²) < 4.78 is 5.26. The van der Waals surface area contributed by atoms with Crippen LogP contribution in [0.25, 0.3) is 10.8 Å². The van der Waals surface area contributed by atoms with E-state index >= 15 is 0 Å². The maximum absolute atomic E-state index is 11.1. The summed E-state index contributed by atoms with van der Waals surface area (Å²) in [5.41, 5.74) is 0.321. The summed E-state index contributed by atoms with van der Waals surface area (Å²) in [5.74, 6) is -0.461. The molecule has 0 aromatic heterocycles. The third-order valence-electron chi connectivity index (χ3n) is 2.72. The van der Waals surface area contributed by atoms with Gasteiger partial charge >= 0.3 is 5.97 Å². The molecule has 0 aliphatic heterocycles. The zero-order chi connectivity index (χ0) is 13.8. The van der Waals surface area contributed by atoms with Crippen LogP contribution in [0.3, 0.4) is 0 Å². The molecule has 98 valence electrons. The van der Waals surface area contributed by atoms with E-state index in [4.69, 9.17) is 9.84 Å². The van der Waals surface area contributed by atoms with Gasteiger partial charge in [-0.1, -0.05) is 29.4 Å². The van der Waals surface area contributed by atoms with Gasteiger partial charge in [0.15, 0.2) is 5.71 Å². The molecule has 2 aromatic rings. The number of fused-ring (bicyclic) bond motifs is 1. The number of benzene rings is 2. The molecule has 0 atom stereocenters. The van der Waals surface area contributed by atoms with E-state index in [2.05, 4.69) is 9.99 Å². The highest BCUT2D eigenvalue weighted by atomic mass is 16.6. The van der Waals surface area contributed by atoms with E-state index in [-0.39, 0.29) is 5.71 Å². The van der Waals surface area contributed by atoms with Crippen molar-refractivity contribution in [1.29, 1.82) is 0 Å². The highest BCUT2D eigenvalue weighted by Crippen LogP contribution is 2.26. The van der Waals surface area contributed by atoms with Crippen LogP contribution in [0.5, 0.6) is 5.75 Å². The first-order chi connectivity index (χ1) is 9.17. The number of carboxylic acid groups (broad SMARTS) is 1. The summed E-state index contributed by atoms with van der Waals surface area (Å²) in [4.78, 5) is 15.7. The van der Waals surface area contributed by atoms with E-state index in [9.17, 15) is 4.79 Å². The number of nitrogens with zero attached hydrogens (tertiary/aromatic N) is 1. The fourth-order valence-electron chi connectivity index (χ4n) is 1.88. The summed E-state index contributed by atoms with van der Waals surface area (Å²) in [7, 11) is 2.88. The van der Waals surface area contributed by atoms with E-state index in [1.165, 1.54) is 7.11 Å². The SMILES string of the molecule is CO/N=C(/C(=O)O)c1ccc2cccc(OC)c2c1. The summed E-state index contributed by atoms with van der Waals surface area (Å²) >= 11 is 0. The molecule has 0 heterocycles. The number of carboxylic acids is 1. The topological polar surface area (TPSA) is 68.1 Å². The lowest BCUT2D eigenvalue weighted by Crippen LogP contribution is -2.14. The molecule has 5 heteroatoms. The maximum atomic E-state index is 11.1. The van der Waals surface area contributed by atoms with Crippen LogP contribution in [0.15, 0.2) is 41.6 Å². The Morgan fingerprint density at radius 2 is 2.00 bits per heavy atom. The highest BCUT2D eigenvalue weighted by Gasteiger charge is 2.14. The minimum Gasteiger partial charge on any atom is -0.496 e. The minimum absolute atomic E-state index is 0.143. The Balaban J connectivity index is 2.63. The first kappa shape index (κ1) is 12.9. The van der Waals surface area contributed by atoms with Crippen LogP contribution in [0.1, 0.15) is 5.56 Å². The van der Waals surface area contributed by atoms with Crippen molar-refractivity contribution in [2.45, 2.75) is 0 Å². The number of methoxy groups -OCH3 is 1. The van der Waals surface area contributed by atoms with Crippen molar-refractivity contribution in [3.05, 3.63) is 42.0 Å². The van der Waals surface area contributed by atoms with E-state index < -0.39 is 5.97 Å². The Hall–Kier alpha value is -2.56. The predicted molar refractivity (Wildman–Crippen MR) is 71.7 cm³/mol. The molecule has 0 spiro atoms. The van der Waals surface area contributed by atoms with E-state index in [0.29, 0.717) is 11.3 Å². The lowest BCUT2D eigenvalue weighted by molar-refractivity contribution is -0.129. The van der Waals surface area contributed by atoms with Gasteiger partial charge in [-0.25, -0.2) is 4.79 Å². The van der Waals surface area contributed by atoms with Gasteiger partial charge in [-0.15, -0.1) is 0 Å². The average Bonchev–Trinajstić information content (AvgIpc) is 2.43. The molecule has 0 fully saturated rings. The van der Waals surface area contributed by atoms with Gasteiger partial charge in [0.1, 0.15) is 12.9 Å². The van der Waals surface area contributed by atoms with Gasteiger partial charge in [0.05, 0.1) is 7.11 Å². The first-order valence-electron chi connectivity index (χ1n) is 5.59. The maximum Gasteiger partial charge on any atom is 0.358 e. The Morgan fingerprint density at radius 1 is 1.21 bits per heavy atom. The number of ether oxygens (including phenoxy) is 1. The molecular weight excluding hydrogens is 246 g/mol. The highest BCUT2D eigenvalue weighted by molar-refractivity contribution is 6.42. The van der Waals surface area contributed by atoms with E-state index in [1.807, 2.05) is 24.3 Å². The third-order valence-corrected chi connectivity index (χ3v) is 2.72. The van der Waals surface area contributed by atoms with Gasteiger partial charge in [-0.3, -0.25) is 0 Å². The third kappa shape index (κ3) is 2.49. The summed E-state index contributed by atoms with van der Waals surface area (Å²) in [6.45, 7) is 0. The van der Waals surface area contributed by atoms with Crippen LogP contribution in [0.4, 0.5) is 0 Å². The molecule has 0 saturated heterocycles. The van der Waals surface area contributed by atoms with Crippen LogP contribution < -0.4 is 4.74 Å². The molecule has 0 unspecified atom stereocenters.